The van der Waals surface area contributed by atoms with Gasteiger partial charge in [-0.25, -0.2) is 0 Å². The minimum absolute atomic E-state index is 0.199. The highest BCUT2D eigenvalue weighted by Gasteiger charge is 2.52. The molecule has 1 radical (unpaired) electrons. The maximum absolute atomic E-state index is 9.56. The van der Waals surface area contributed by atoms with Gasteiger partial charge < -0.3 is 20.4 Å². The van der Waals surface area contributed by atoms with E-state index in [1.165, 1.54) is 0 Å². The summed E-state index contributed by atoms with van der Waals surface area (Å²) in [5.74, 6) is 0. The Morgan fingerprint density at radius 1 is 1.23 bits per heavy atom. The molecular formula is C8H14NO4. The molecule has 13 heavy (non-hydrogen) atoms. The van der Waals surface area contributed by atoms with Crippen LogP contribution in [0.4, 0.5) is 0 Å². The number of aliphatic hydroxyl groups is 4. The predicted octanol–water partition coefficient (Wildman–Crippen LogP) is -2.67. The van der Waals surface area contributed by atoms with Crippen LogP contribution in [0.2, 0.25) is 0 Å². The Labute approximate surface area is 76.2 Å². The van der Waals surface area contributed by atoms with Gasteiger partial charge in [-0.2, -0.15) is 0 Å². The molecular weight excluding hydrogens is 174 g/mol. The molecule has 5 atom stereocenters. The van der Waals surface area contributed by atoms with Crippen LogP contribution in [-0.4, -0.2) is 68.9 Å². The van der Waals surface area contributed by atoms with E-state index in [2.05, 4.69) is 0 Å². The predicted molar refractivity (Wildman–Crippen MR) is 43.7 cm³/mol. The van der Waals surface area contributed by atoms with E-state index in [1.54, 1.807) is 11.3 Å². The second-order valence-electron chi connectivity index (χ2n) is 3.64. The van der Waals surface area contributed by atoms with E-state index in [0.717, 1.165) is 0 Å². The van der Waals surface area contributed by atoms with Crippen LogP contribution in [0.3, 0.4) is 0 Å². The number of aliphatic hydroxyl groups excluding tert-OH is 4. The third kappa shape index (κ3) is 1.19. The van der Waals surface area contributed by atoms with Gasteiger partial charge in [0.15, 0.2) is 0 Å². The Bertz CT molecular complexity index is 201. The highest BCUT2D eigenvalue weighted by Crippen LogP contribution is 2.32. The molecule has 4 N–H and O–H groups in total. The maximum Gasteiger partial charge on any atom is 0.0995 e. The number of fused-ring (bicyclic) bond motifs is 1. The Hall–Kier alpha value is -0.200. The first-order valence-corrected chi connectivity index (χ1v) is 4.41. The van der Waals surface area contributed by atoms with Crippen molar-refractivity contribution in [3.8, 4) is 0 Å². The van der Waals surface area contributed by atoms with Crippen molar-refractivity contribution in [1.82, 2.24) is 4.90 Å². The minimum Gasteiger partial charge on any atom is -0.395 e. The van der Waals surface area contributed by atoms with Gasteiger partial charge in [-0.05, 0) is 0 Å². The third-order valence-electron chi connectivity index (χ3n) is 3.00. The van der Waals surface area contributed by atoms with Crippen molar-refractivity contribution < 1.29 is 20.4 Å². The average Bonchev–Trinajstić information content (AvgIpc) is 2.57. The first-order valence-electron chi connectivity index (χ1n) is 4.41. The molecule has 75 valence electrons. The zero-order chi connectivity index (χ0) is 9.59. The first-order chi connectivity index (χ1) is 6.16. The summed E-state index contributed by atoms with van der Waals surface area (Å²) in [6.07, 6.45) is -0.965. The molecule has 2 saturated heterocycles. The minimum atomic E-state index is -0.967. The van der Waals surface area contributed by atoms with Crippen molar-refractivity contribution >= 4 is 0 Å². The lowest BCUT2D eigenvalue weighted by atomic mass is 10.0. The molecule has 0 aliphatic carbocycles. The van der Waals surface area contributed by atoms with Gasteiger partial charge in [-0.1, -0.05) is 0 Å². The highest BCUT2D eigenvalue weighted by molar-refractivity contribution is 5.12. The molecule has 5 unspecified atom stereocenters. The van der Waals surface area contributed by atoms with Crippen LogP contribution in [0.25, 0.3) is 0 Å². The SMILES string of the molecule is OCC1C(O)C(O)C2C(O)[CH]CN12. The maximum atomic E-state index is 9.56. The summed E-state index contributed by atoms with van der Waals surface area (Å²) in [6.45, 7) is 0.306. The zero-order valence-electron chi connectivity index (χ0n) is 7.11. The van der Waals surface area contributed by atoms with Gasteiger partial charge in [-0.3, -0.25) is 4.90 Å². The van der Waals surface area contributed by atoms with Crippen molar-refractivity contribution in [3.63, 3.8) is 0 Å². The van der Waals surface area contributed by atoms with Crippen LogP contribution in [0.5, 0.6) is 0 Å². The van der Waals surface area contributed by atoms with E-state index in [4.69, 9.17) is 5.11 Å². The fraction of sp³-hybridized carbons (Fsp3) is 0.875. The van der Waals surface area contributed by atoms with Gasteiger partial charge in [0.05, 0.1) is 37.0 Å². The summed E-state index contributed by atoms with van der Waals surface area (Å²) in [6, 6.07) is -0.902. The summed E-state index contributed by atoms with van der Waals surface area (Å²) in [5.41, 5.74) is 0. The molecule has 0 aromatic rings. The molecule has 2 aliphatic heterocycles. The Morgan fingerprint density at radius 2 is 1.92 bits per heavy atom. The van der Waals surface area contributed by atoms with Gasteiger partial charge >= 0.3 is 0 Å². The molecule has 0 bridgehead atoms. The van der Waals surface area contributed by atoms with Crippen molar-refractivity contribution in [2.45, 2.75) is 30.4 Å². The van der Waals surface area contributed by atoms with Gasteiger partial charge in [-0.15, -0.1) is 0 Å². The molecule has 0 spiro atoms. The lowest BCUT2D eigenvalue weighted by molar-refractivity contribution is 0.00386. The molecule has 0 amide bonds. The Balaban J connectivity index is 2.19. The summed E-state index contributed by atoms with van der Waals surface area (Å²) >= 11 is 0. The molecule has 5 heteroatoms. The zero-order valence-corrected chi connectivity index (χ0v) is 7.11. The standard InChI is InChI=1S/C8H14NO4/c10-3-4-7(12)8(13)6-5(11)1-2-9(4)6/h1,4-8,10-13H,2-3H2. The summed E-state index contributed by atoms with van der Waals surface area (Å²) in [7, 11) is 0. The second kappa shape index (κ2) is 3.18. The van der Waals surface area contributed by atoms with Crippen LogP contribution in [-0.2, 0) is 0 Å². The van der Waals surface area contributed by atoms with Crippen LogP contribution in [0, 0.1) is 6.42 Å². The van der Waals surface area contributed by atoms with Crippen molar-refractivity contribution in [2.24, 2.45) is 0 Å². The molecule has 2 heterocycles. The normalized spacial score (nSPS) is 51.2. The van der Waals surface area contributed by atoms with Crippen LogP contribution in [0.1, 0.15) is 0 Å². The molecule has 0 saturated carbocycles. The topological polar surface area (TPSA) is 84.2 Å². The van der Waals surface area contributed by atoms with Crippen molar-refractivity contribution in [1.29, 1.82) is 0 Å². The molecule has 2 fully saturated rings. The Kier molecular flexibility index (Phi) is 2.29. The van der Waals surface area contributed by atoms with Gasteiger partial charge in [0.25, 0.3) is 0 Å². The second-order valence-corrected chi connectivity index (χ2v) is 3.64. The van der Waals surface area contributed by atoms with Crippen molar-refractivity contribution in [2.75, 3.05) is 13.2 Å². The number of hydrogen-bond donors (Lipinski definition) is 4. The molecule has 0 aromatic heterocycles. The number of rotatable bonds is 1. The van der Waals surface area contributed by atoms with Gasteiger partial charge in [0, 0.05) is 13.0 Å². The van der Waals surface area contributed by atoms with Crippen LogP contribution in [0.15, 0.2) is 0 Å². The molecule has 2 aliphatic rings. The van der Waals surface area contributed by atoms with Crippen LogP contribution < -0.4 is 0 Å². The van der Waals surface area contributed by atoms with Gasteiger partial charge in [0.2, 0.25) is 0 Å². The van der Waals surface area contributed by atoms with E-state index < -0.39 is 30.4 Å². The van der Waals surface area contributed by atoms with Crippen LogP contribution >= 0.6 is 0 Å². The highest BCUT2D eigenvalue weighted by atomic mass is 16.3. The van der Waals surface area contributed by atoms with E-state index in [9.17, 15) is 15.3 Å². The molecule has 0 aromatic carbocycles. The lowest BCUT2D eigenvalue weighted by Gasteiger charge is -2.22. The smallest absolute Gasteiger partial charge is 0.0995 e. The van der Waals surface area contributed by atoms with E-state index in [0.29, 0.717) is 6.54 Å². The fourth-order valence-electron chi connectivity index (χ4n) is 2.28. The third-order valence-corrected chi connectivity index (χ3v) is 3.00. The van der Waals surface area contributed by atoms with Gasteiger partial charge in [0.1, 0.15) is 0 Å². The molecule has 5 nitrogen and oxygen atoms in total. The van der Waals surface area contributed by atoms with E-state index in [1.807, 2.05) is 0 Å². The number of hydrogen-bond acceptors (Lipinski definition) is 5. The largest absolute Gasteiger partial charge is 0.395 e. The summed E-state index contributed by atoms with van der Waals surface area (Å²) in [4.78, 5) is 1.74. The first kappa shape index (κ1) is 9.36. The monoisotopic (exact) mass is 188 g/mol. The van der Waals surface area contributed by atoms with E-state index >= 15 is 0 Å². The number of nitrogens with zero attached hydrogens (tertiary/aromatic N) is 1. The molecule has 2 rings (SSSR count). The lowest BCUT2D eigenvalue weighted by Crippen LogP contribution is -2.39. The van der Waals surface area contributed by atoms with Crippen molar-refractivity contribution in [3.05, 3.63) is 6.42 Å². The fourth-order valence-corrected chi connectivity index (χ4v) is 2.28. The van der Waals surface area contributed by atoms with E-state index in [-0.39, 0.29) is 6.61 Å². The summed E-state index contributed by atoms with van der Waals surface area (Å²) in [5, 5.41) is 37.5. The average molecular weight is 188 g/mol. The Morgan fingerprint density at radius 3 is 2.54 bits per heavy atom. The quantitative estimate of drug-likeness (QED) is 0.361. The summed E-state index contributed by atoms with van der Waals surface area (Å²) < 4.78 is 0.